The summed E-state index contributed by atoms with van der Waals surface area (Å²) in [6.45, 7) is 2.43. The quantitative estimate of drug-likeness (QED) is 0.772. The van der Waals surface area contributed by atoms with Crippen LogP contribution >= 0.6 is 23.2 Å². The SMILES string of the molecule is CC(Cl)c1cnn(Cc2ccc(F)c(Cl)c2)c1. The molecule has 2 rings (SSSR count). The molecule has 0 saturated heterocycles. The molecule has 1 unspecified atom stereocenters. The van der Waals surface area contributed by atoms with Crippen LogP contribution in [0.1, 0.15) is 23.4 Å². The molecule has 2 aromatic rings. The molecule has 90 valence electrons. The molecule has 0 aliphatic carbocycles. The lowest BCUT2D eigenvalue weighted by Crippen LogP contribution is -2.00. The second-order valence-electron chi connectivity index (χ2n) is 3.84. The van der Waals surface area contributed by atoms with Crippen molar-refractivity contribution in [1.29, 1.82) is 0 Å². The summed E-state index contributed by atoms with van der Waals surface area (Å²) in [5, 5.41) is 4.24. The van der Waals surface area contributed by atoms with Crippen molar-refractivity contribution >= 4 is 23.2 Å². The summed E-state index contributed by atoms with van der Waals surface area (Å²) in [5.41, 5.74) is 1.85. The van der Waals surface area contributed by atoms with Gasteiger partial charge >= 0.3 is 0 Å². The van der Waals surface area contributed by atoms with Crippen molar-refractivity contribution in [3.05, 3.63) is 52.6 Å². The highest BCUT2D eigenvalue weighted by molar-refractivity contribution is 6.30. The maximum absolute atomic E-state index is 13.0. The molecule has 0 N–H and O–H groups in total. The van der Waals surface area contributed by atoms with Crippen molar-refractivity contribution in [3.8, 4) is 0 Å². The van der Waals surface area contributed by atoms with Gasteiger partial charge in [-0.1, -0.05) is 17.7 Å². The Balaban J connectivity index is 2.16. The lowest BCUT2D eigenvalue weighted by Gasteiger charge is -2.03. The fraction of sp³-hybridized carbons (Fsp3) is 0.250. The number of halogens is 3. The van der Waals surface area contributed by atoms with E-state index in [1.54, 1.807) is 23.0 Å². The summed E-state index contributed by atoms with van der Waals surface area (Å²) in [6, 6.07) is 4.64. The lowest BCUT2D eigenvalue weighted by molar-refractivity contribution is 0.625. The zero-order chi connectivity index (χ0) is 12.4. The Kier molecular flexibility index (Phi) is 3.69. The summed E-state index contributed by atoms with van der Waals surface area (Å²) < 4.78 is 14.7. The van der Waals surface area contributed by atoms with Gasteiger partial charge in [0.25, 0.3) is 0 Å². The highest BCUT2D eigenvalue weighted by atomic mass is 35.5. The second-order valence-corrected chi connectivity index (χ2v) is 4.90. The van der Waals surface area contributed by atoms with E-state index in [1.807, 2.05) is 13.1 Å². The van der Waals surface area contributed by atoms with Crippen LogP contribution in [0.2, 0.25) is 5.02 Å². The molecular weight excluding hydrogens is 262 g/mol. The van der Waals surface area contributed by atoms with Crippen molar-refractivity contribution in [1.82, 2.24) is 9.78 Å². The molecule has 1 atom stereocenters. The van der Waals surface area contributed by atoms with Gasteiger partial charge in [-0.3, -0.25) is 4.68 Å². The van der Waals surface area contributed by atoms with E-state index in [0.29, 0.717) is 6.54 Å². The Morgan fingerprint density at radius 1 is 1.47 bits per heavy atom. The predicted molar refractivity (Wildman–Crippen MR) is 67.0 cm³/mol. The summed E-state index contributed by atoms with van der Waals surface area (Å²) in [4.78, 5) is 0. The van der Waals surface area contributed by atoms with Crippen LogP contribution < -0.4 is 0 Å². The van der Waals surface area contributed by atoms with Gasteiger partial charge in [-0.15, -0.1) is 11.6 Å². The average Bonchev–Trinajstić information content (AvgIpc) is 2.72. The minimum Gasteiger partial charge on any atom is -0.268 e. The van der Waals surface area contributed by atoms with Crippen LogP contribution in [0.25, 0.3) is 0 Å². The number of aromatic nitrogens is 2. The number of rotatable bonds is 3. The molecule has 0 aliphatic rings. The molecule has 1 aromatic carbocycles. The maximum atomic E-state index is 13.0. The van der Waals surface area contributed by atoms with E-state index in [9.17, 15) is 4.39 Å². The van der Waals surface area contributed by atoms with Crippen LogP contribution in [0, 0.1) is 5.82 Å². The third kappa shape index (κ3) is 2.99. The summed E-state index contributed by atoms with van der Waals surface area (Å²) in [5.74, 6) is -0.411. The smallest absolute Gasteiger partial charge is 0.141 e. The first-order valence-electron chi connectivity index (χ1n) is 5.16. The van der Waals surface area contributed by atoms with Crippen molar-refractivity contribution in [2.24, 2.45) is 0 Å². The van der Waals surface area contributed by atoms with Gasteiger partial charge < -0.3 is 0 Å². The molecule has 0 bridgehead atoms. The van der Waals surface area contributed by atoms with Crippen LogP contribution in [0.4, 0.5) is 4.39 Å². The zero-order valence-corrected chi connectivity index (χ0v) is 10.7. The normalized spacial score (nSPS) is 12.7. The van der Waals surface area contributed by atoms with E-state index in [1.165, 1.54) is 6.07 Å². The minimum atomic E-state index is -0.411. The largest absolute Gasteiger partial charge is 0.268 e. The number of hydrogen-bond donors (Lipinski definition) is 0. The zero-order valence-electron chi connectivity index (χ0n) is 9.20. The van der Waals surface area contributed by atoms with Crippen molar-refractivity contribution in [2.45, 2.75) is 18.8 Å². The third-order valence-electron chi connectivity index (χ3n) is 2.44. The van der Waals surface area contributed by atoms with Gasteiger partial charge in [0.15, 0.2) is 0 Å². The van der Waals surface area contributed by atoms with Gasteiger partial charge in [-0.2, -0.15) is 5.10 Å². The van der Waals surface area contributed by atoms with Crippen molar-refractivity contribution in [2.75, 3.05) is 0 Å². The fourth-order valence-corrected chi connectivity index (χ4v) is 1.81. The Morgan fingerprint density at radius 2 is 2.24 bits per heavy atom. The van der Waals surface area contributed by atoms with Gasteiger partial charge in [0.2, 0.25) is 0 Å². The number of benzene rings is 1. The molecule has 0 aliphatic heterocycles. The van der Waals surface area contributed by atoms with E-state index < -0.39 is 5.82 Å². The first-order valence-corrected chi connectivity index (χ1v) is 5.98. The monoisotopic (exact) mass is 272 g/mol. The number of nitrogens with zero attached hydrogens (tertiary/aromatic N) is 2. The van der Waals surface area contributed by atoms with Crippen molar-refractivity contribution < 1.29 is 4.39 Å². The van der Waals surface area contributed by atoms with Crippen LogP contribution in [0.5, 0.6) is 0 Å². The van der Waals surface area contributed by atoms with Crippen LogP contribution in [0.3, 0.4) is 0 Å². The average molecular weight is 273 g/mol. The third-order valence-corrected chi connectivity index (χ3v) is 2.98. The highest BCUT2D eigenvalue weighted by Gasteiger charge is 2.06. The van der Waals surface area contributed by atoms with E-state index in [-0.39, 0.29) is 10.4 Å². The summed E-state index contributed by atoms with van der Waals surface area (Å²) >= 11 is 11.7. The predicted octanol–water partition coefficient (Wildman–Crippen LogP) is 4.02. The van der Waals surface area contributed by atoms with Gasteiger partial charge in [-0.05, 0) is 24.6 Å². The Hall–Kier alpha value is -1.06. The second kappa shape index (κ2) is 5.07. The van der Waals surface area contributed by atoms with Gasteiger partial charge in [0, 0.05) is 11.8 Å². The molecule has 0 amide bonds. The number of alkyl halides is 1. The molecule has 1 heterocycles. The Morgan fingerprint density at radius 3 is 2.82 bits per heavy atom. The number of hydrogen-bond acceptors (Lipinski definition) is 1. The standard InChI is InChI=1S/C12H11Cl2FN2/c1-8(13)10-5-16-17(7-10)6-9-2-3-12(15)11(14)4-9/h2-5,7-8H,6H2,1H3. The summed E-state index contributed by atoms with van der Waals surface area (Å²) in [7, 11) is 0. The summed E-state index contributed by atoms with van der Waals surface area (Å²) in [6.07, 6.45) is 3.59. The van der Waals surface area contributed by atoms with Crippen LogP contribution in [0.15, 0.2) is 30.6 Å². The minimum absolute atomic E-state index is 0.0689. The Bertz CT molecular complexity index is 523. The molecule has 0 radical (unpaired) electrons. The maximum Gasteiger partial charge on any atom is 0.141 e. The fourth-order valence-electron chi connectivity index (χ4n) is 1.50. The van der Waals surface area contributed by atoms with Gasteiger partial charge in [0.05, 0.1) is 23.1 Å². The molecule has 17 heavy (non-hydrogen) atoms. The highest BCUT2D eigenvalue weighted by Crippen LogP contribution is 2.19. The van der Waals surface area contributed by atoms with E-state index in [4.69, 9.17) is 23.2 Å². The molecule has 2 nitrogen and oxygen atoms in total. The molecule has 0 saturated carbocycles. The molecule has 5 heteroatoms. The Labute approximate surface area is 109 Å². The molecular formula is C12H11Cl2FN2. The van der Waals surface area contributed by atoms with E-state index in [0.717, 1.165) is 11.1 Å². The molecule has 0 fully saturated rings. The lowest BCUT2D eigenvalue weighted by atomic mass is 10.2. The van der Waals surface area contributed by atoms with Gasteiger partial charge in [0.1, 0.15) is 5.82 Å². The van der Waals surface area contributed by atoms with Gasteiger partial charge in [-0.25, -0.2) is 4.39 Å². The first kappa shape index (κ1) is 12.4. The van der Waals surface area contributed by atoms with Crippen LogP contribution in [-0.2, 0) is 6.54 Å². The van der Waals surface area contributed by atoms with Crippen molar-refractivity contribution in [3.63, 3.8) is 0 Å². The topological polar surface area (TPSA) is 17.8 Å². The first-order chi connectivity index (χ1) is 8.06. The molecule has 1 aromatic heterocycles. The van der Waals surface area contributed by atoms with E-state index in [2.05, 4.69) is 5.10 Å². The van der Waals surface area contributed by atoms with Crippen LogP contribution in [-0.4, -0.2) is 9.78 Å². The van der Waals surface area contributed by atoms with E-state index >= 15 is 0 Å². The molecule has 0 spiro atoms.